The maximum Gasteiger partial charge on any atom is 0.257 e. The van der Waals surface area contributed by atoms with Gasteiger partial charge in [-0.3, -0.25) is 9.78 Å². The maximum atomic E-state index is 13.5. The van der Waals surface area contributed by atoms with Crippen LogP contribution in [-0.4, -0.2) is 54.3 Å². The van der Waals surface area contributed by atoms with Crippen LogP contribution in [-0.2, 0) is 11.3 Å². The van der Waals surface area contributed by atoms with Crippen molar-refractivity contribution >= 4 is 5.91 Å². The number of aromatic nitrogens is 1. The molecule has 182 valence electrons. The molecule has 0 bridgehead atoms. The summed E-state index contributed by atoms with van der Waals surface area (Å²) in [4.78, 5) is 19.7. The second-order valence-electron chi connectivity index (χ2n) is 8.99. The predicted octanol–water partition coefficient (Wildman–Crippen LogP) is 4.51. The van der Waals surface area contributed by atoms with E-state index in [1.54, 1.807) is 25.4 Å². The van der Waals surface area contributed by atoms with Gasteiger partial charge in [0.15, 0.2) is 11.5 Å². The molecule has 5 rings (SSSR count). The fraction of sp³-hybridized carbons (Fsp3) is 0.357. The number of rotatable bonds is 7. The summed E-state index contributed by atoms with van der Waals surface area (Å²) in [6.07, 6.45) is 4.14. The van der Waals surface area contributed by atoms with Gasteiger partial charge >= 0.3 is 0 Å². The molecule has 2 aliphatic rings. The number of hydrogen-bond donors (Lipinski definition) is 0. The summed E-state index contributed by atoms with van der Waals surface area (Å²) in [6.45, 7) is 2.06. The van der Waals surface area contributed by atoms with Gasteiger partial charge in [0.1, 0.15) is 18.5 Å². The average Bonchev–Trinajstić information content (AvgIpc) is 3.30. The highest BCUT2D eigenvalue weighted by atomic mass is 16.6. The van der Waals surface area contributed by atoms with Crippen LogP contribution in [0.5, 0.6) is 17.2 Å². The van der Waals surface area contributed by atoms with Crippen molar-refractivity contribution in [3.63, 3.8) is 0 Å². The van der Waals surface area contributed by atoms with Crippen LogP contribution in [0.25, 0.3) is 0 Å². The monoisotopic (exact) mass is 474 g/mol. The third kappa shape index (κ3) is 5.25. The zero-order valence-corrected chi connectivity index (χ0v) is 19.9. The molecule has 0 unspecified atom stereocenters. The fourth-order valence-electron chi connectivity index (χ4n) is 4.83. The summed E-state index contributed by atoms with van der Waals surface area (Å²) in [7, 11) is 1.58. The van der Waals surface area contributed by atoms with E-state index < -0.39 is 0 Å². The molecular weight excluding hydrogens is 444 g/mol. The molecule has 2 saturated heterocycles. The van der Waals surface area contributed by atoms with Crippen LogP contribution in [0, 0.1) is 0 Å². The Morgan fingerprint density at radius 3 is 2.60 bits per heavy atom. The van der Waals surface area contributed by atoms with Crippen molar-refractivity contribution < 1.29 is 23.7 Å². The molecule has 0 aliphatic carbocycles. The third-order valence-electron chi connectivity index (χ3n) is 6.70. The number of likely N-dealkylation sites (tertiary alicyclic amines) is 1. The molecule has 2 aliphatic heterocycles. The van der Waals surface area contributed by atoms with Gasteiger partial charge in [-0.25, -0.2) is 0 Å². The van der Waals surface area contributed by atoms with E-state index in [9.17, 15) is 4.79 Å². The second kappa shape index (κ2) is 10.4. The molecular formula is C28H30N2O5. The van der Waals surface area contributed by atoms with Crippen LogP contribution in [0.4, 0.5) is 0 Å². The van der Waals surface area contributed by atoms with E-state index in [0.29, 0.717) is 36.8 Å². The lowest BCUT2D eigenvalue weighted by Gasteiger charge is -2.38. The largest absolute Gasteiger partial charge is 0.493 e. The summed E-state index contributed by atoms with van der Waals surface area (Å²) >= 11 is 0. The number of nitrogens with zero attached hydrogens (tertiary/aromatic N) is 2. The minimum Gasteiger partial charge on any atom is -0.493 e. The molecule has 1 atom stereocenters. The summed E-state index contributed by atoms with van der Waals surface area (Å²) in [5, 5.41) is 0. The first kappa shape index (κ1) is 23.2. The van der Waals surface area contributed by atoms with Crippen molar-refractivity contribution in [3.8, 4) is 17.2 Å². The van der Waals surface area contributed by atoms with E-state index in [4.69, 9.17) is 18.9 Å². The van der Waals surface area contributed by atoms with Gasteiger partial charge in [0.2, 0.25) is 0 Å². The Balaban J connectivity index is 1.23. The highest BCUT2D eigenvalue weighted by Crippen LogP contribution is 2.39. The van der Waals surface area contributed by atoms with Crippen LogP contribution >= 0.6 is 0 Å². The number of pyridine rings is 1. The first-order valence-electron chi connectivity index (χ1n) is 12.0. The number of hydrogen-bond acceptors (Lipinski definition) is 6. The van der Waals surface area contributed by atoms with Gasteiger partial charge in [-0.1, -0.05) is 30.3 Å². The Labute approximate surface area is 205 Å². The lowest BCUT2D eigenvalue weighted by Crippen LogP contribution is -2.46. The van der Waals surface area contributed by atoms with Crippen LogP contribution in [0.3, 0.4) is 0 Å². The van der Waals surface area contributed by atoms with Gasteiger partial charge in [0.25, 0.3) is 5.91 Å². The zero-order chi connectivity index (χ0) is 24.1. The Morgan fingerprint density at radius 2 is 1.86 bits per heavy atom. The molecule has 35 heavy (non-hydrogen) atoms. The summed E-state index contributed by atoms with van der Waals surface area (Å²) in [5.41, 5.74) is 1.04. The molecule has 2 fully saturated rings. The Bertz CT molecular complexity index is 1130. The number of benzene rings is 2. The number of carbonyl (C=O) groups excluding carboxylic acids is 1. The number of methoxy groups -OCH3 is 1. The molecule has 1 aromatic heterocycles. The Hall–Kier alpha value is -3.58. The standard InChI is InChI=1S/C28H30N2O5/c1-32-25-12-7-11-24(26(25)33-19-21-8-5-6-15-29-21)27(31)30-16-13-28(14-17-30)18-23(20-34-28)35-22-9-3-2-4-10-22/h2-12,15,23H,13-14,16-20H2,1H3/t23-/m1/s1. The van der Waals surface area contributed by atoms with Crippen molar-refractivity contribution in [1.82, 2.24) is 9.88 Å². The van der Waals surface area contributed by atoms with Gasteiger partial charge in [-0.15, -0.1) is 0 Å². The van der Waals surface area contributed by atoms with Crippen molar-refractivity contribution in [2.24, 2.45) is 0 Å². The summed E-state index contributed by atoms with van der Waals surface area (Å²) in [6, 6.07) is 20.9. The van der Waals surface area contributed by atoms with Gasteiger partial charge in [-0.05, 0) is 49.2 Å². The number of ether oxygens (including phenoxy) is 4. The smallest absolute Gasteiger partial charge is 0.257 e. The molecule has 0 saturated carbocycles. The molecule has 1 amide bonds. The summed E-state index contributed by atoms with van der Waals surface area (Å²) < 4.78 is 23.9. The molecule has 7 nitrogen and oxygen atoms in total. The van der Waals surface area contributed by atoms with Crippen LogP contribution < -0.4 is 14.2 Å². The molecule has 7 heteroatoms. The molecule has 3 aromatic rings. The Kier molecular flexibility index (Phi) is 6.86. The van der Waals surface area contributed by atoms with E-state index >= 15 is 0 Å². The molecule has 1 spiro atoms. The van der Waals surface area contributed by atoms with E-state index in [0.717, 1.165) is 30.7 Å². The van der Waals surface area contributed by atoms with Crippen molar-refractivity contribution in [2.45, 2.75) is 37.6 Å². The molecule has 3 heterocycles. The lowest BCUT2D eigenvalue weighted by atomic mass is 9.87. The topological polar surface area (TPSA) is 70.1 Å². The second-order valence-corrected chi connectivity index (χ2v) is 8.99. The third-order valence-corrected chi connectivity index (χ3v) is 6.70. The minimum absolute atomic E-state index is 0.0321. The maximum absolute atomic E-state index is 13.5. The number of piperidine rings is 1. The zero-order valence-electron chi connectivity index (χ0n) is 19.9. The van der Waals surface area contributed by atoms with Gasteiger partial charge < -0.3 is 23.8 Å². The molecule has 2 aromatic carbocycles. The highest BCUT2D eigenvalue weighted by Gasteiger charge is 2.44. The summed E-state index contributed by atoms with van der Waals surface area (Å²) in [5.74, 6) is 1.77. The van der Waals surface area contributed by atoms with Gasteiger partial charge in [0, 0.05) is 25.7 Å². The number of para-hydroxylation sites is 2. The molecule has 0 radical (unpaired) electrons. The quantitative estimate of drug-likeness (QED) is 0.502. The Morgan fingerprint density at radius 1 is 1.06 bits per heavy atom. The minimum atomic E-state index is -0.233. The van der Waals surface area contributed by atoms with Crippen LogP contribution in [0.1, 0.15) is 35.3 Å². The van der Waals surface area contributed by atoms with Gasteiger partial charge in [0.05, 0.1) is 30.6 Å². The van der Waals surface area contributed by atoms with E-state index in [1.807, 2.05) is 59.5 Å². The lowest BCUT2D eigenvalue weighted by molar-refractivity contribution is -0.0396. The molecule has 0 N–H and O–H groups in total. The highest BCUT2D eigenvalue weighted by molar-refractivity contribution is 5.98. The van der Waals surface area contributed by atoms with Crippen molar-refractivity contribution in [2.75, 3.05) is 26.8 Å². The van der Waals surface area contributed by atoms with Crippen molar-refractivity contribution in [1.29, 1.82) is 0 Å². The van der Waals surface area contributed by atoms with Crippen molar-refractivity contribution in [3.05, 3.63) is 84.2 Å². The first-order valence-corrected chi connectivity index (χ1v) is 12.0. The normalized spacial score (nSPS) is 18.9. The van der Waals surface area contributed by atoms with Gasteiger partial charge in [-0.2, -0.15) is 0 Å². The number of carbonyl (C=O) groups is 1. The first-order chi connectivity index (χ1) is 17.2. The fourth-order valence-corrected chi connectivity index (χ4v) is 4.83. The van der Waals surface area contributed by atoms with E-state index in [1.165, 1.54) is 0 Å². The van der Waals surface area contributed by atoms with Crippen LogP contribution in [0.15, 0.2) is 72.9 Å². The van der Waals surface area contributed by atoms with E-state index in [-0.39, 0.29) is 24.2 Å². The van der Waals surface area contributed by atoms with Crippen LogP contribution in [0.2, 0.25) is 0 Å². The number of amides is 1. The van der Waals surface area contributed by atoms with E-state index in [2.05, 4.69) is 4.98 Å². The SMILES string of the molecule is COc1cccc(C(=O)N2CCC3(CC2)C[C@@H](Oc2ccccc2)CO3)c1OCc1ccccn1. The average molecular weight is 475 g/mol. The predicted molar refractivity (Wildman–Crippen MR) is 131 cm³/mol.